The van der Waals surface area contributed by atoms with Gasteiger partial charge in [0.05, 0.1) is 0 Å². The zero-order valence-electron chi connectivity index (χ0n) is 9.11. The molecule has 0 saturated carbocycles. The van der Waals surface area contributed by atoms with E-state index in [2.05, 4.69) is 0 Å². The van der Waals surface area contributed by atoms with Crippen LogP contribution in [-0.4, -0.2) is 6.18 Å². The number of nitrogens with two attached hydrogens (primary N) is 1. The van der Waals surface area contributed by atoms with Gasteiger partial charge in [0.2, 0.25) is 0 Å². The Balaban J connectivity index is 2.83. The Labute approximate surface area is 95.4 Å². The number of hydrogen-bond acceptors (Lipinski definition) is 1. The van der Waals surface area contributed by atoms with E-state index in [1.165, 1.54) is 19.1 Å². The molecule has 0 spiro atoms. The number of hydrogen-bond donors (Lipinski definition) is 1. The monoisotopic (exact) mass is 253 g/mol. The van der Waals surface area contributed by atoms with Crippen LogP contribution in [0.1, 0.15) is 30.0 Å². The Morgan fingerprint density at radius 2 is 1.76 bits per heavy atom. The number of benzene rings is 1. The molecule has 0 saturated heterocycles. The van der Waals surface area contributed by atoms with E-state index in [-0.39, 0.29) is 11.1 Å². The van der Waals surface area contributed by atoms with E-state index < -0.39 is 36.7 Å². The van der Waals surface area contributed by atoms with Crippen LogP contribution in [0.2, 0.25) is 0 Å². The molecule has 1 nitrogen and oxygen atoms in total. The molecule has 0 aliphatic carbocycles. The van der Waals surface area contributed by atoms with Gasteiger partial charge in [-0.15, -0.1) is 0 Å². The summed E-state index contributed by atoms with van der Waals surface area (Å²) in [5, 5.41) is 0. The predicted octanol–water partition coefficient (Wildman–Crippen LogP) is 3.62. The van der Waals surface area contributed by atoms with Crippen LogP contribution in [0.15, 0.2) is 12.1 Å². The van der Waals surface area contributed by atoms with Crippen LogP contribution in [0.25, 0.3) is 0 Å². The number of aryl methyl sites for hydroxylation is 1. The van der Waals surface area contributed by atoms with Gasteiger partial charge in [-0.25, -0.2) is 8.78 Å². The van der Waals surface area contributed by atoms with Gasteiger partial charge in [-0.05, 0) is 18.9 Å². The first kappa shape index (κ1) is 13.9. The zero-order chi connectivity index (χ0) is 13.2. The minimum absolute atomic E-state index is 0.0919. The van der Waals surface area contributed by atoms with E-state index in [0.717, 1.165) is 0 Å². The first-order valence-corrected chi connectivity index (χ1v) is 4.99. The molecule has 0 radical (unpaired) electrons. The second-order valence-electron chi connectivity index (χ2n) is 3.86. The third-order valence-corrected chi connectivity index (χ3v) is 2.44. The zero-order valence-corrected chi connectivity index (χ0v) is 9.11. The molecule has 0 aromatic heterocycles. The van der Waals surface area contributed by atoms with Crippen LogP contribution in [-0.2, 0) is 0 Å². The average molecular weight is 253 g/mol. The molecule has 0 aliphatic rings. The Hall–Kier alpha value is -1.17. The normalized spacial score (nSPS) is 13.8. The summed E-state index contributed by atoms with van der Waals surface area (Å²) >= 11 is 0. The van der Waals surface area contributed by atoms with Gasteiger partial charge in [-0.2, -0.15) is 13.2 Å². The van der Waals surface area contributed by atoms with Gasteiger partial charge in [-0.3, -0.25) is 0 Å². The molecule has 6 heteroatoms. The maximum absolute atomic E-state index is 13.4. The third kappa shape index (κ3) is 3.66. The van der Waals surface area contributed by atoms with E-state index in [0.29, 0.717) is 0 Å². The van der Waals surface area contributed by atoms with E-state index in [1.54, 1.807) is 0 Å². The first-order valence-electron chi connectivity index (χ1n) is 4.99. The lowest BCUT2D eigenvalue weighted by atomic mass is 10.0. The molecular formula is C11H12F5N. The van der Waals surface area contributed by atoms with Crippen molar-refractivity contribution in [2.24, 2.45) is 5.73 Å². The number of halogens is 5. The molecule has 0 fully saturated rings. The standard InChI is InChI=1S/C11H12F5N/c1-6-2-3-7(10(13)9(6)12)8(17)4-5-11(14,15)16/h2-3,8H,4-5,17H2,1H3/t8-/m0/s1. The fourth-order valence-corrected chi connectivity index (χ4v) is 1.42. The molecule has 0 amide bonds. The van der Waals surface area contributed by atoms with Gasteiger partial charge >= 0.3 is 6.18 Å². The molecule has 96 valence electrons. The van der Waals surface area contributed by atoms with Gasteiger partial charge < -0.3 is 5.73 Å². The molecule has 2 N–H and O–H groups in total. The van der Waals surface area contributed by atoms with Crippen LogP contribution in [0.4, 0.5) is 22.0 Å². The minimum Gasteiger partial charge on any atom is -0.324 e. The minimum atomic E-state index is -4.35. The average Bonchev–Trinajstić information content (AvgIpc) is 2.22. The van der Waals surface area contributed by atoms with Crippen molar-refractivity contribution in [3.8, 4) is 0 Å². The Bertz CT molecular complexity index is 400. The summed E-state index contributed by atoms with van der Waals surface area (Å²) in [4.78, 5) is 0. The highest BCUT2D eigenvalue weighted by Gasteiger charge is 2.28. The van der Waals surface area contributed by atoms with Crippen LogP contribution >= 0.6 is 0 Å². The largest absolute Gasteiger partial charge is 0.389 e. The molecular weight excluding hydrogens is 241 g/mol. The summed E-state index contributed by atoms with van der Waals surface area (Å²) in [7, 11) is 0. The lowest BCUT2D eigenvalue weighted by molar-refractivity contribution is -0.136. The SMILES string of the molecule is Cc1ccc([C@@H](N)CCC(F)(F)F)c(F)c1F. The maximum atomic E-state index is 13.4. The van der Waals surface area contributed by atoms with Crippen molar-refractivity contribution < 1.29 is 22.0 Å². The van der Waals surface area contributed by atoms with E-state index in [4.69, 9.17) is 5.73 Å². The van der Waals surface area contributed by atoms with Crippen molar-refractivity contribution in [3.05, 3.63) is 34.9 Å². The molecule has 0 bridgehead atoms. The molecule has 0 aliphatic heterocycles. The number of alkyl halides is 3. The second-order valence-corrected chi connectivity index (χ2v) is 3.86. The molecule has 0 unspecified atom stereocenters. The van der Waals surface area contributed by atoms with Crippen molar-refractivity contribution in [2.75, 3.05) is 0 Å². The number of rotatable bonds is 3. The fraction of sp³-hybridized carbons (Fsp3) is 0.455. The predicted molar refractivity (Wildman–Crippen MR) is 53.3 cm³/mol. The van der Waals surface area contributed by atoms with E-state index in [9.17, 15) is 22.0 Å². The second kappa shape index (κ2) is 5.00. The quantitative estimate of drug-likeness (QED) is 0.818. The van der Waals surface area contributed by atoms with Crippen molar-refractivity contribution in [3.63, 3.8) is 0 Å². The molecule has 0 heterocycles. The van der Waals surface area contributed by atoms with Crippen molar-refractivity contribution >= 4 is 0 Å². The Kier molecular flexibility index (Phi) is 4.08. The lowest BCUT2D eigenvalue weighted by Gasteiger charge is -2.15. The highest BCUT2D eigenvalue weighted by molar-refractivity contribution is 5.27. The summed E-state index contributed by atoms with van der Waals surface area (Å²) in [5.74, 6) is -2.23. The van der Waals surface area contributed by atoms with Crippen LogP contribution in [0, 0.1) is 18.6 Å². The van der Waals surface area contributed by atoms with Gasteiger partial charge in [-0.1, -0.05) is 12.1 Å². The van der Waals surface area contributed by atoms with E-state index >= 15 is 0 Å². The smallest absolute Gasteiger partial charge is 0.324 e. The first-order chi connectivity index (χ1) is 7.72. The van der Waals surface area contributed by atoms with Gasteiger partial charge in [0.25, 0.3) is 0 Å². The molecule has 1 aromatic carbocycles. The van der Waals surface area contributed by atoms with Gasteiger partial charge in [0.15, 0.2) is 11.6 Å². The summed E-state index contributed by atoms with van der Waals surface area (Å²) in [6.07, 6.45) is -5.94. The third-order valence-electron chi connectivity index (χ3n) is 2.44. The Morgan fingerprint density at radius 3 is 2.29 bits per heavy atom. The van der Waals surface area contributed by atoms with Gasteiger partial charge in [0.1, 0.15) is 0 Å². The summed E-state index contributed by atoms with van der Waals surface area (Å²) in [6.45, 7) is 1.36. The highest BCUT2D eigenvalue weighted by Crippen LogP contribution is 2.28. The topological polar surface area (TPSA) is 26.0 Å². The summed E-state index contributed by atoms with van der Waals surface area (Å²) < 4.78 is 62.4. The fourth-order valence-electron chi connectivity index (χ4n) is 1.42. The molecule has 1 aromatic rings. The van der Waals surface area contributed by atoms with Gasteiger partial charge in [0, 0.05) is 18.0 Å². The summed E-state index contributed by atoms with van der Waals surface area (Å²) in [5.41, 5.74) is 5.28. The van der Waals surface area contributed by atoms with Crippen molar-refractivity contribution in [2.45, 2.75) is 32.0 Å². The molecule has 1 atom stereocenters. The lowest BCUT2D eigenvalue weighted by Crippen LogP contribution is -2.17. The maximum Gasteiger partial charge on any atom is 0.389 e. The highest BCUT2D eigenvalue weighted by atomic mass is 19.4. The van der Waals surface area contributed by atoms with Crippen LogP contribution in [0.5, 0.6) is 0 Å². The Morgan fingerprint density at radius 1 is 1.18 bits per heavy atom. The van der Waals surface area contributed by atoms with E-state index in [1.807, 2.05) is 0 Å². The molecule has 1 rings (SSSR count). The van der Waals surface area contributed by atoms with Crippen molar-refractivity contribution in [1.82, 2.24) is 0 Å². The summed E-state index contributed by atoms with van der Waals surface area (Å²) in [6, 6.07) is 1.35. The van der Waals surface area contributed by atoms with Crippen molar-refractivity contribution in [1.29, 1.82) is 0 Å². The van der Waals surface area contributed by atoms with Crippen LogP contribution in [0.3, 0.4) is 0 Å². The van der Waals surface area contributed by atoms with Crippen LogP contribution < -0.4 is 5.73 Å². The molecule has 17 heavy (non-hydrogen) atoms.